The third-order valence-corrected chi connectivity index (χ3v) is 4.05. The van der Waals surface area contributed by atoms with Crippen LogP contribution in [-0.4, -0.2) is 23.0 Å². The second kappa shape index (κ2) is 12.7. The summed E-state index contributed by atoms with van der Waals surface area (Å²) in [6, 6.07) is -0.753. The van der Waals surface area contributed by atoms with Crippen molar-refractivity contribution in [2.75, 3.05) is 0 Å². The van der Waals surface area contributed by atoms with E-state index in [-0.39, 0.29) is 11.8 Å². The van der Waals surface area contributed by atoms with Gasteiger partial charge >= 0.3 is 5.97 Å². The first-order valence-electron chi connectivity index (χ1n) is 8.55. The molecule has 0 aromatic heterocycles. The summed E-state index contributed by atoms with van der Waals surface area (Å²) < 4.78 is 0. The van der Waals surface area contributed by atoms with Gasteiger partial charge in [-0.05, 0) is 12.3 Å². The highest BCUT2D eigenvalue weighted by atomic mass is 16.4. The lowest BCUT2D eigenvalue weighted by Gasteiger charge is -2.20. The van der Waals surface area contributed by atoms with Gasteiger partial charge in [0.2, 0.25) is 5.91 Å². The Morgan fingerprint density at radius 2 is 1.48 bits per heavy atom. The highest BCUT2D eigenvalue weighted by Crippen LogP contribution is 2.11. The summed E-state index contributed by atoms with van der Waals surface area (Å²) in [5.41, 5.74) is 0. The Balaban J connectivity index is 3.71. The molecule has 2 unspecified atom stereocenters. The van der Waals surface area contributed by atoms with Crippen molar-refractivity contribution in [2.24, 2.45) is 5.92 Å². The number of carbonyl (C=O) groups excluding carboxylic acids is 1. The van der Waals surface area contributed by atoms with Crippen molar-refractivity contribution in [3.63, 3.8) is 0 Å². The quantitative estimate of drug-likeness (QED) is 0.502. The third-order valence-electron chi connectivity index (χ3n) is 4.05. The van der Waals surface area contributed by atoms with Gasteiger partial charge in [-0.3, -0.25) is 4.79 Å². The molecule has 0 aliphatic carbocycles. The number of unbranched alkanes of at least 4 members (excludes halogenated alkanes) is 7. The number of hydrogen-bond acceptors (Lipinski definition) is 2. The summed E-state index contributed by atoms with van der Waals surface area (Å²) in [4.78, 5) is 22.9. The van der Waals surface area contributed by atoms with Crippen LogP contribution in [0.4, 0.5) is 0 Å². The average molecular weight is 299 g/mol. The van der Waals surface area contributed by atoms with E-state index in [1.54, 1.807) is 0 Å². The standard InChI is InChI=1S/C17H33NO3/c1-4-6-7-8-9-10-11-12-13-15(19)18-16(17(20)21)14(3)5-2/h14,16H,4-13H2,1-3H3,(H,18,19)(H,20,21). The zero-order chi connectivity index (χ0) is 16.1. The first-order valence-corrected chi connectivity index (χ1v) is 8.55. The molecular weight excluding hydrogens is 266 g/mol. The van der Waals surface area contributed by atoms with Crippen LogP contribution in [0, 0.1) is 5.92 Å². The number of aliphatic carboxylic acids is 1. The predicted octanol–water partition coefficient (Wildman–Crippen LogP) is 4.13. The molecule has 0 spiro atoms. The van der Waals surface area contributed by atoms with Crippen molar-refractivity contribution < 1.29 is 14.7 Å². The van der Waals surface area contributed by atoms with Crippen molar-refractivity contribution in [1.82, 2.24) is 5.32 Å². The maximum atomic E-state index is 11.8. The normalized spacial score (nSPS) is 13.7. The molecule has 21 heavy (non-hydrogen) atoms. The van der Waals surface area contributed by atoms with Crippen LogP contribution < -0.4 is 5.32 Å². The summed E-state index contributed by atoms with van der Waals surface area (Å²) in [5.74, 6) is -1.10. The molecule has 4 nitrogen and oxygen atoms in total. The number of amides is 1. The van der Waals surface area contributed by atoms with Crippen LogP contribution in [0.2, 0.25) is 0 Å². The average Bonchev–Trinajstić information content (AvgIpc) is 2.46. The lowest BCUT2D eigenvalue weighted by molar-refractivity contribution is -0.143. The van der Waals surface area contributed by atoms with Crippen LogP contribution in [0.15, 0.2) is 0 Å². The molecule has 0 fully saturated rings. The van der Waals surface area contributed by atoms with Crippen LogP contribution in [-0.2, 0) is 9.59 Å². The second-order valence-corrected chi connectivity index (χ2v) is 5.99. The molecule has 0 radical (unpaired) electrons. The van der Waals surface area contributed by atoms with Gasteiger partial charge < -0.3 is 10.4 Å². The Hall–Kier alpha value is -1.06. The molecule has 0 bridgehead atoms. The van der Waals surface area contributed by atoms with E-state index >= 15 is 0 Å². The highest BCUT2D eigenvalue weighted by Gasteiger charge is 2.24. The van der Waals surface area contributed by atoms with Crippen LogP contribution in [0.25, 0.3) is 0 Å². The zero-order valence-corrected chi connectivity index (χ0v) is 14.0. The molecule has 0 saturated heterocycles. The maximum absolute atomic E-state index is 11.8. The van der Waals surface area contributed by atoms with Crippen molar-refractivity contribution in [3.05, 3.63) is 0 Å². The van der Waals surface area contributed by atoms with Crippen LogP contribution >= 0.6 is 0 Å². The Bertz CT molecular complexity index is 292. The Morgan fingerprint density at radius 1 is 0.952 bits per heavy atom. The van der Waals surface area contributed by atoms with E-state index in [1.165, 1.54) is 38.5 Å². The number of carboxylic acids is 1. The summed E-state index contributed by atoms with van der Waals surface area (Å²) in [7, 11) is 0. The second-order valence-electron chi connectivity index (χ2n) is 5.99. The van der Waals surface area contributed by atoms with Gasteiger partial charge in [-0.15, -0.1) is 0 Å². The minimum Gasteiger partial charge on any atom is -0.480 e. The van der Waals surface area contributed by atoms with Gasteiger partial charge in [0.1, 0.15) is 6.04 Å². The van der Waals surface area contributed by atoms with Crippen molar-refractivity contribution in [1.29, 1.82) is 0 Å². The third kappa shape index (κ3) is 10.3. The first kappa shape index (κ1) is 19.9. The topological polar surface area (TPSA) is 66.4 Å². The molecule has 0 rings (SSSR count). The predicted molar refractivity (Wildman–Crippen MR) is 86.2 cm³/mol. The summed E-state index contributed by atoms with van der Waals surface area (Å²) in [6.07, 6.45) is 10.7. The number of rotatable bonds is 13. The molecule has 1 amide bonds. The largest absolute Gasteiger partial charge is 0.480 e. The molecule has 2 atom stereocenters. The SMILES string of the molecule is CCCCCCCCCCC(=O)NC(C(=O)O)C(C)CC. The molecule has 0 heterocycles. The number of carboxylic acid groups (broad SMARTS) is 1. The Kier molecular flexibility index (Phi) is 12.0. The van der Waals surface area contributed by atoms with E-state index < -0.39 is 12.0 Å². The Labute approximate surface area is 129 Å². The van der Waals surface area contributed by atoms with E-state index in [4.69, 9.17) is 5.11 Å². The summed E-state index contributed by atoms with van der Waals surface area (Å²) >= 11 is 0. The minimum atomic E-state index is -0.936. The first-order chi connectivity index (χ1) is 10.0. The minimum absolute atomic E-state index is 0.0370. The van der Waals surface area contributed by atoms with E-state index in [1.807, 2.05) is 13.8 Å². The molecule has 4 heteroatoms. The Morgan fingerprint density at radius 3 is 1.95 bits per heavy atom. The maximum Gasteiger partial charge on any atom is 0.326 e. The van der Waals surface area contributed by atoms with E-state index in [9.17, 15) is 9.59 Å². The zero-order valence-electron chi connectivity index (χ0n) is 14.0. The van der Waals surface area contributed by atoms with Crippen LogP contribution in [0.1, 0.15) is 85.0 Å². The summed E-state index contributed by atoms with van der Waals surface area (Å²) in [5, 5.41) is 11.8. The summed E-state index contributed by atoms with van der Waals surface area (Å²) in [6.45, 7) is 6.00. The lowest BCUT2D eigenvalue weighted by Crippen LogP contribution is -2.44. The fraction of sp³-hybridized carbons (Fsp3) is 0.882. The van der Waals surface area contributed by atoms with Crippen LogP contribution in [0.3, 0.4) is 0 Å². The van der Waals surface area contributed by atoms with Gasteiger partial charge in [-0.2, -0.15) is 0 Å². The van der Waals surface area contributed by atoms with Gasteiger partial charge in [0.15, 0.2) is 0 Å². The molecule has 0 aromatic rings. The fourth-order valence-electron chi connectivity index (χ4n) is 2.35. The van der Waals surface area contributed by atoms with E-state index in [0.29, 0.717) is 6.42 Å². The van der Waals surface area contributed by atoms with Crippen molar-refractivity contribution in [2.45, 2.75) is 91.0 Å². The monoisotopic (exact) mass is 299 g/mol. The molecule has 0 aromatic carbocycles. The molecule has 0 aliphatic heterocycles. The molecular formula is C17H33NO3. The van der Waals surface area contributed by atoms with Gasteiger partial charge in [-0.25, -0.2) is 4.79 Å². The lowest BCUT2D eigenvalue weighted by atomic mass is 9.99. The van der Waals surface area contributed by atoms with Crippen molar-refractivity contribution in [3.8, 4) is 0 Å². The molecule has 0 aliphatic rings. The molecule has 0 saturated carbocycles. The smallest absolute Gasteiger partial charge is 0.326 e. The van der Waals surface area contributed by atoms with Gasteiger partial charge in [0, 0.05) is 6.42 Å². The van der Waals surface area contributed by atoms with Crippen LogP contribution in [0.5, 0.6) is 0 Å². The fourth-order valence-corrected chi connectivity index (χ4v) is 2.35. The number of carbonyl (C=O) groups is 2. The highest BCUT2D eigenvalue weighted by molar-refractivity contribution is 5.83. The van der Waals surface area contributed by atoms with Gasteiger partial charge in [0.05, 0.1) is 0 Å². The van der Waals surface area contributed by atoms with E-state index in [2.05, 4.69) is 12.2 Å². The van der Waals surface area contributed by atoms with Gasteiger partial charge in [-0.1, -0.05) is 72.1 Å². The van der Waals surface area contributed by atoms with Crippen molar-refractivity contribution >= 4 is 11.9 Å². The van der Waals surface area contributed by atoms with E-state index in [0.717, 1.165) is 19.3 Å². The molecule has 2 N–H and O–H groups in total. The number of hydrogen-bond donors (Lipinski definition) is 2. The number of nitrogens with one attached hydrogen (secondary N) is 1. The van der Waals surface area contributed by atoms with Gasteiger partial charge in [0.25, 0.3) is 0 Å². The molecule has 124 valence electrons.